The molecule has 4 rings (SSSR count). The smallest absolute Gasteiger partial charge is 0.251 e. The Balaban J connectivity index is 1.31. The van der Waals surface area contributed by atoms with E-state index in [2.05, 4.69) is 15.1 Å². The molecular weight excluding hydrogens is 403 g/mol. The first-order valence-electron chi connectivity index (χ1n) is 10.4. The Morgan fingerprint density at radius 2 is 1.77 bits per heavy atom. The Hall–Kier alpha value is -2.29. The van der Waals surface area contributed by atoms with E-state index in [4.69, 9.17) is 5.73 Å². The number of piperazine rings is 1. The fourth-order valence-electron chi connectivity index (χ4n) is 4.26. The molecule has 30 heavy (non-hydrogen) atoms. The lowest BCUT2D eigenvalue weighted by Gasteiger charge is -2.34. The molecule has 1 fully saturated rings. The molecule has 0 atom stereocenters. The monoisotopic (exact) mass is 430 g/mol. The number of thiophene rings is 1. The van der Waals surface area contributed by atoms with Crippen LogP contribution in [0.1, 0.15) is 39.2 Å². The summed E-state index contributed by atoms with van der Waals surface area (Å²) >= 11 is 1.49. The summed E-state index contributed by atoms with van der Waals surface area (Å²) in [5.74, 6) is -0.770. The Labute approximate surface area is 179 Å². The van der Waals surface area contributed by atoms with E-state index in [9.17, 15) is 14.0 Å². The van der Waals surface area contributed by atoms with Crippen LogP contribution in [-0.2, 0) is 24.2 Å². The number of hydrogen-bond acceptors (Lipinski definition) is 5. The van der Waals surface area contributed by atoms with Gasteiger partial charge in [0.2, 0.25) is 5.91 Å². The van der Waals surface area contributed by atoms with E-state index in [-0.39, 0.29) is 18.3 Å². The molecule has 2 amide bonds. The number of halogens is 1. The molecule has 1 aromatic carbocycles. The van der Waals surface area contributed by atoms with Crippen molar-refractivity contribution in [2.45, 2.75) is 32.2 Å². The SMILES string of the molecule is NC(=O)c1c(NC(=O)CN2CCN(Cc3ccccc3F)CC2)sc2c1CCCC2. The first-order chi connectivity index (χ1) is 14.5. The van der Waals surface area contributed by atoms with Crippen LogP contribution in [0.25, 0.3) is 0 Å². The molecule has 1 aliphatic carbocycles. The lowest BCUT2D eigenvalue weighted by atomic mass is 9.95. The van der Waals surface area contributed by atoms with Gasteiger partial charge in [-0.2, -0.15) is 0 Å². The van der Waals surface area contributed by atoms with Crippen molar-refractivity contribution in [3.63, 3.8) is 0 Å². The lowest BCUT2D eigenvalue weighted by molar-refractivity contribution is -0.117. The molecule has 0 bridgehead atoms. The van der Waals surface area contributed by atoms with E-state index in [1.165, 1.54) is 22.3 Å². The number of benzene rings is 1. The van der Waals surface area contributed by atoms with E-state index in [1.54, 1.807) is 6.07 Å². The standard InChI is InChI=1S/C22H27FN4O2S/c23-17-7-3-1-5-15(17)13-26-9-11-27(12-10-26)14-19(28)25-22-20(21(24)29)16-6-2-4-8-18(16)30-22/h1,3,5,7H,2,4,6,8-14H2,(H2,24,29)(H,25,28). The summed E-state index contributed by atoms with van der Waals surface area (Å²) in [5, 5.41) is 3.52. The maximum Gasteiger partial charge on any atom is 0.251 e. The van der Waals surface area contributed by atoms with Gasteiger partial charge in [-0.05, 0) is 37.3 Å². The highest BCUT2D eigenvalue weighted by Gasteiger charge is 2.26. The van der Waals surface area contributed by atoms with Gasteiger partial charge < -0.3 is 11.1 Å². The fourth-order valence-corrected chi connectivity index (χ4v) is 5.57. The highest BCUT2D eigenvalue weighted by Crippen LogP contribution is 2.37. The molecule has 1 aromatic heterocycles. The number of anilines is 1. The molecule has 160 valence electrons. The second-order valence-electron chi connectivity index (χ2n) is 7.97. The van der Waals surface area contributed by atoms with E-state index < -0.39 is 5.91 Å². The number of hydrogen-bond donors (Lipinski definition) is 2. The van der Waals surface area contributed by atoms with Crippen LogP contribution in [0.3, 0.4) is 0 Å². The highest BCUT2D eigenvalue weighted by molar-refractivity contribution is 7.17. The summed E-state index contributed by atoms with van der Waals surface area (Å²) in [4.78, 5) is 30.1. The van der Waals surface area contributed by atoms with E-state index in [0.717, 1.165) is 57.4 Å². The zero-order chi connectivity index (χ0) is 21.1. The number of fused-ring (bicyclic) bond motifs is 1. The van der Waals surface area contributed by atoms with Gasteiger partial charge in [-0.15, -0.1) is 11.3 Å². The number of primary amides is 1. The van der Waals surface area contributed by atoms with Crippen molar-refractivity contribution in [1.29, 1.82) is 0 Å². The third kappa shape index (κ3) is 4.71. The first-order valence-corrected chi connectivity index (χ1v) is 11.2. The van der Waals surface area contributed by atoms with Crippen LogP contribution in [0.4, 0.5) is 9.39 Å². The molecule has 2 aliphatic rings. The summed E-state index contributed by atoms with van der Waals surface area (Å²) in [6.45, 7) is 3.89. The summed E-state index contributed by atoms with van der Waals surface area (Å²) in [7, 11) is 0. The van der Waals surface area contributed by atoms with E-state index in [1.807, 2.05) is 12.1 Å². The summed E-state index contributed by atoms with van der Waals surface area (Å²) < 4.78 is 13.9. The Morgan fingerprint density at radius 3 is 2.50 bits per heavy atom. The topological polar surface area (TPSA) is 78.7 Å². The molecule has 0 saturated carbocycles. The Bertz CT molecular complexity index is 937. The molecule has 8 heteroatoms. The third-order valence-electron chi connectivity index (χ3n) is 5.85. The molecule has 2 aromatic rings. The quantitative estimate of drug-likeness (QED) is 0.739. The van der Waals surface area contributed by atoms with Gasteiger partial charge in [-0.25, -0.2) is 4.39 Å². The zero-order valence-corrected chi connectivity index (χ0v) is 17.8. The van der Waals surface area contributed by atoms with Crippen molar-refractivity contribution in [2.24, 2.45) is 5.73 Å². The number of aryl methyl sites for hydroxylation is 1. The number of nitrogens with one attached hydrogen (secondary N) is 1. The summed E-state index contributed by atoms with van der Waals surface area (Å²) in [6.07, 6.45) is 3.95. The molecule has 2 heterocycles. The second-order valence-corrected chi connectivity index (χ2v) is 9.08. The van der Waals surface area contributed by atoms with Crippen LogP contribution in [0.15, 0.2) is 24.3 Å². The maximum atomic E-state index is 13.9. The number of carbonyl (C=O) groups excluding carboxylic acids is 2. The number of carbonyl (C=O) groups is 2. The molecule has 0 radical (unpaired) electrons. The van der Waals surface area contributed by atoms with Crippen molar-refractivity contribution in [1.82, 2.24) is 9.80 Å². The van der Waals surface area contributed by atoms with E-state index in [0.29, 0.717) is 22.7 Å². The fraction of sp³-hybridized carbons (Fsp3) is 0.455. The second kappa shape index (κ2) is 9.24. The van der Waals surface area contributed by atoms with E-state index >= 15 is 0 Å². The number of rotatable bonds is 6. The molecule has 3 N–H and O–H groups in total. The van der Waals surface area contributed by atoms with Gasteiger partial charge in [0.1, 0.15) is 10.8 Å². The Kier molecular flexibility index (Phi) is 6.46. The number of nitrogens with two attached hydrogens (primary N) is 1. The molecule has 1 saturated heterocycles. The van der Waals surface area contributed by atoms with Crippen molar-refractivity contribution in [3.05, 3.63) is 51.7 Å². The average molecular weight is 431 g/mol. The van der Waals surface area contributed by atoms with Gasteiger partial charge in [0.05, 0.1) is 12.1 Å². The van der Waals surface area contributed by atoms with Crippen LogP contribution in [0.5, 0.6) is 0 Å². The third-order valence-corrected chi connectivity index (χ3v) is 7.06. The highest BCUT2D eigenvalue weighted by atomic mass is 32.1. The van der Waals surface area contributed by atoms with Crippen LogP contribution >= 0.6 is 11.3 Å². The molecule has 0 unspecified atom stereocenters. The van der Waals surface area contributed by atoms with Gasteiger partial charge in [0.15, 0.2) is 0 Å². The minimum atomic E-state index is -0.466. The first kappa shape index (κ1) is 21.0. The lowest BCUT2D eigenvalue weighted by Crippen LogP contribution is -2.48. The summed E-state index contributed by atoms with van der Waals surface area (Å²) in [5.41, 5.74) is 7.83. The van der Waals surface area contributed by atoms with Crippen molar-refractivity contribution in [2.75, 3.05) is 38.0 Å². The zero-order valence-electron chi connectivity index (χ0n) is 17.0. The van der Waals surface area contributed by atoms with Crippen LogP contribution in [0, 0.1) is 5.82 Å². The van der Waals surface area contributed by atoms with Gasteiger partial charge in [-0.1, -0.05) is 18.2 Å². The van der Waals surface area contributed by atoms with Crippen LogP contribution in [-0.4, -0.2) is 54.3 Å². The normalized spacial score (nSPS) is 17.5. The van der Waals surface area contributed by atoms with Crippen molar-refractivity contribution in [3.8, 4) is 0 Å². The molecule has 0 spiro atoms. The van der Waals surface area contributed by atoms with Gasteiger partial charge in [-0.3, -0.25) is 19.4 Å². The molecule has 1 aliphatic heterocycles. The maximum absolute atomic E-state index is 13.9. The molecule has 6 nitrogen and oxygen atoms in total. The van der Waals surface area contributed by atoms with Crippen LogP contribution in [0.2, 0.25) is 0 Å². The van der Waals surface area contributed by atoms with Gasteiger partial charge in [0, 0.05) is 43.2 Å². The largest absolute Gasteiger partial charge is 0.365 e. The predicted octanol–water partition coefficient (Wildman–Crippen LogP) is 2.62. The predicted molar refractivity (Wildman–Crippen MR) is 116 cm³/mol. The Morgan fingerprint density at radius 1 is 1.07 bits per heavy atom. The minimum Gasteiger partial charge on any atom is -0.365 e. The number of nitrogens with zero attached hydrogens (tertiary/aromatic N) is 2. The summed E-state index contributed by atoms with van der Waals surface area (Å²) in [6, 6.07) is 6.84. The molecular formula is C22H27FN4O2S. The average Bonchev–Trinajstić information content (AvgIpc) is 3.09. The van der Waals surface area contributed by atoms with Crippen LogP contribution < -0.4 is 11.1 Å². The van der Waals surface area contributed by atoms with Crippen molar-refractivity contribution >= 4 is 28.2 Å². The minimum absolute atomic E-state index is 0.126. The van der Waals surface area contributed by atoms with Gasteiger partial charge >= 0.3 is 0 Å². The number of amides is 2. The van der Waals surface area contributed by atoms with Crippen molar-refractivity contribution < 1.29 is 14.0 Å². The van der Waals surface area contributed by atoms with Gasteiger partial charge in [0.25, 0.3) is 5.91 Å².